The number of halogens is 2. The Hall–Kier alpha value is -1.67. The first-order chi connectivity index (χ1) is 10.6. The molecule has 0 bridgehead atoms. The molecule has 112 valence electrons. The Balaban J connectivity index is 2.16. The van der Waals surface area contributed by atoms with Gasteiger partial charge in [-0.05, 0) is 23.8 Å². The number of aromatic nitrogens is 3. The van der Waals surface area contributed by atoms with Gasteiger partial charge in [-0.1, -0.05) is 46.3 Å². The number of benzene rings is 1. The third kappa shape index (κ3) is 2.80. The van der Waals surface area contributed by atoms with Gasteiger partial charge in [0.15, 0.2) is 5.65 Å². The molecule has 0 unspecified atom stereocenters. The SMILES string of the molecule is CNc1nc(N)nc2nc(-c3ccc(CI)cc3Cl)ccc12. The minimum Gasteiger partial charge on any atom is -0.372 e. The lowest BCUT2D eigenvalue weighted by molar-refractivity contribution is 1.19. The third-order valence-electron chi connectivity index (χ3n) is 3.28. The zero-order valence-electron chi connectivity index (χ0n) is 11.8. The second-order valence-electron chi connectivity index (χ2n) is 4.70. The molecule has 0 aliphatic carbocycles. The summed E-state index contributed by atoms with van der Waals surface area (Å²) in [7, 11) is 1.79. The fourth-order valence-electron chi connectivity index (χ4n) is 2.22. The lowest BCUT2D eigenvalue weighted by Gasteiger charge is -2.09. The van der Waals surface area contributed by atoms with Crippen LogP contribution >= 0.6 is 34.2 Å². The molecular formula is C15H13ClIN5. The van der Waals surface area contributed by atoms with E-state index in [0.29, 0.717) is 16.5 Å². The van der Waals surface area contributed by atoms with Gasteiger partial charge in [-0.15, -0.1) is 0 Å². The molecule has 5 nitrogen and oxygen atoms in total. The van der Waals surface area contributed by atoms with E-state index in [2.05, 4.69) is 42.9 Å². The number of rotatable bonds is 3. The summed E-state index contributed by atoms with van der Waals surface area (Å²) in [5, 5.41) is 4.50. The maximum Gasteiger partial charge on any atom is 0.224 e. The van der Waals surface area contributed by atoms with Crippen molar-refractivity contribution in [1.82, 2.24) is 15.0 Å². The number of alkyl halides is 1. The van der Waals surface area contributed by atoms with Crippen LogP contribution in [-0.2, 0) is 4.43 Å². The van der Waals surface area contributed by atoms with Crippen molar-refractivity contribution in [2.24, 2.45) is 0 Å². The number of hydrogen-bond acceptors (Lipinski definition) is 5. The Morgan fingerprint density at radius 3 is 2.68 bits per heavy atom. The molecule has 0 saturated heterocycles. The Kier molecular flexibility index (Phi) is 4.30. The van der Waals surface area contributed by atoms with E-state index in [1.807, 2.05) is 30.3 Å². The van der Waals surface area contributed by atoms with Crippen LogP contribution in [-0.4, -0.2) is 22.0 Å². The van der Waals surface area contributed by atoms with Crippen molar-refractivity contribution in [3.63, 3.8) is 0 Å². The minimum absolute atomic E-state index is 0.188. The number of nitrogens with zero attached hydrogens (tertiary/aromatic N) is 3. The van der Waals surface area contributed by atoms with Gasteiger partial charge < -0.3 is 11.1 Å². The summed E-state index contributed by atoms with van der Waals surface area (Å²) in [5.41, 5.74) is 9.09. The number of fused-ring (bicyclic) bond motifs is 1. The number of nitrogen functional groups attached to an aromatic ring is 1. The standard InChI is InChI=1S/C15H13ClIN5/c1-19-13-10-4-5-12(20-14(10)22-15(18)21-13)9-3-2-8(7-17)6-11(9)16/h2-6H,7H2,1H3,(H3,18,19,20,21,22). The third-order valence-corrected chi connectivity index (χ3v) is 4.47. The van der Waals surface area contributed by atoms with E-state index in [0.717, 1.165) is 21.1 Å². The predicted octanol–water partition coefficient (Wildman–Crippen LogP) is 3.90. The minimum atomic E-state index is 0.188. The summed E-state index contributed by atoms with van der Waals surface area (Å²) in [6.07, 6.45) is 0. The zero-order chi connectivity index (χ0) is 15.7. The average molecular weight is 426 g/mol. The molecule has 22 heavy (non-hydrogen) atoms. The molecular weight excluding hydrogens is 413 g/mol. The largest absolute Gasteiger partial charge is 0.372 e. The number of hydrogen-bond donors (Lipinski definition) is 2. The maximum absolute atomic E-state index is 6.37. The molecule has 0 fully saturated rings. The average Bonchev–Trinajstić information content (AvgIpc) is 2.53. The fraction of sp³-hybridized carbons (Fsp3) is 0.133. The van der Waals surface area contributed by atoms with Crippen LogP contribution in [0.1, 0.15) is 5.56 Å². The molecule has 0 aliphatic rings. The molecule has 3 N–H and O–H groups in total. The first kappa shape index (κ1) is 15.2. The second-order valence-corrected chi connectivity index (χ2v) is 5.87. The molecule has 3 rings (SSSR count). The molecule has 0 spiro atoms. The zero-order valence-corrected chi connectivity index (χ0v) is 14.7. The number of anilines is 2. The lowest BCUT2D eigenvalue weighted by Crippen LogP contribution is -2.02. The molecule has 1 aromatic carbocycles. The highest BCUT2D eigenvalue weighted by molar-refractivity contribution is 14.1. The van der Waals surface area contributed by atoms with Gasteiger partial charge in [-0.2, -0.15) is 9.97 Å². The van der Waals surface area contributed by atoms with Gasteiger partial charge >= 0.3 is 0 Å². The van der Waals surface area contributed by atoms with Crippen LogP contribution in [0, 0.1) is 0 Å². The van der Waals surface area contributed by atoms with E-state index >= 15 is 0 Å². The summed E-state index contributed by atoms with van der Waals surface area (Å²) in [6, 6.07) is 9.82. The van der Waals surface area contributed by atoms with Crippen LogP contribution in [0.2, 0.25) is 5.02 Å². The molecule has 2 aromatic heterocycles. The maximum atomic E-state index is 6.37. The highest BCUT2D eigenvalue weighted by atomic mass is 127. The van der Waals surface area contributed by atoms with Gasteiger partial charge in [-0.25, -0.2) is 4.98 Å². The summed E-state index contributed by atoms with van der Waals surface area (Å²) in [5.74, 6) is 0.848. The van der Waals surface area contributed by atoms with E-state index in [9.17, 15) is 0 Å². The molecule has 3 aromatic rings. The van der Waals surface area contributed by atoms with Crippen LogP contribution in [0.4, 0.5) is 11.8 Å². The second kappa shape index (κ2) is 6.21. The number of nitrogens with two attached hydrogens (primary N) is 1. The summed E-state index contributed by atoms with van der Waals surface area (Å²) in [4.78, 5) is 12.9. The van der Waals surface area contributed by atoms with Crippen molar-refractivity contribution in [3.05, 3.63) is 40.9 Å². The first-order valence-corrected chi connectivity index (χ1v) is 8.49. The quantitative estimate of drug-likeness (QED) is 0.491. The first-order valence-electron chi connectivity index (χ1n) is 6.59. The van der Waals surface area contributed by atoms with Crippen molar-refractivity contribution in [3.8, 4) is 11.3 Å². The van der Waals surface area contributed by atoms with Crippen LogP contribution < -0.4 is 11.1 Å². The van der Waals surface area contributed by atoms with Gasteiger partial charge in [0, 0.05) is 17.0 Å². The lowest BCUT2D eigenvalue weighted by atomic mass is 10.1. The van der Waals surface area contributed by atoms with Crippen molar-refractivity contribution >= 4 is 57.0 Å². The van der Waals surface area contributed by atoms with Crippen LogP contribution in [0.3, 0.4) is 0 Å². The van der Waals surface area contributed by atoms with Gasteiger partial charge in [0.1, 0.15) is 5.82 Å². The fourth-order valence-corrected chi connectivity index (χ4v) is 2.99. The molecule has 0 atom stereocenters. The Bertz CT molecular complexity index is 853. The normalized spacial score (nSPS) is 10.9. The predicted molar refractivity (Wildman–Crippen MR) is 99.5 cm³/mol. The topological polar surface area (TPSA) is 76.7 Å². The molecule has 0 amide bonds. The number of pyridine rings is 1. The molecule has 7 heteroatoms. The summed E-state index contributed by atoms with van der Waals surface area (Å²) in [6.45, 7) is 0. The number of nitrogens with one attached hydrogen (secondary N) is 1. The van der Waals surface area contributed by atoms with Gasteiger partial charge in [0.05, 0.1) is 16.1 Å². The summed E-state index contributed by atoms with van der Waals surface area (Å²) >= 11 is 8.68. The Morgan fingerprint density at radius 2 is 2.00 bits per heavy atom. The molecule has 2 heterocycles. The van der Waals surface area contributed by atoms with Crippen molar-refractivity contribution in [1.29, 1.82) is 0 Å². The smallest absolute Gasteiger partial charge is 0.224 e. The van der Waals surface area contributed by atoms with Crippen molar-refractivity contribution in [2.45, 2.75) is 4.43 Å². The van der Waals surface area contributed by atoms with E-state index in [1.165, 1.54) is 5.56 Å². The van der Waals surface area contributed by atoms with Crippen molar-refractivity contribution in [2.75, 3.05) is 18.1 Å². The highest BCUT2D eigenvalue weighted by Gasteiger charge is 2.10. The molecule has 0 saturated carbocycles. The highest BCUT2D eigenvalue weighted by Crippen LogP contribution is 2.30. The van der Waals surface area contributed by atoms with Crippen molar-refractivity contribution < 1.29 is 0 Å². The van der Waals surface area contributed by atoms with Crippen LogP contribution in [0.5, 0.6) is 0 Å². The van der Waals surface area contributed by atoms with E-state index in [-0.39, 0.29) is 5.95 Å². The van der Waals surface area contributed by atoms with E-state index < -0.39 is 0 Å². The monoisotopic (exact) mass is 425 g/mol. The van der Waals surface area contributed by atoms with Gasteiger partial charge in [-0.3, -0.25) is 0 Å². The Morgan fingerprint density at radius 1 is 1.18 bits per heavy atom. The van der Waals surface area contributed by atoms with Gasteiger partial charge in [0.2, 0.25) is 5.95 Å². The Labute approximate surface area is 146 Å². The van der Waals surface area contributed by atoms with Gasteiger partial charge in [0.25, 0.3) is 0 Å². The van der Waals surface area contributed by atoms with E-state index in [1.54, 1.807) is 7.05 Å². The molecule has 0 aliphatic heterocycles. The van der Waals surface area contributed by atoms with Crippen LogP contribution in [0.25, 0.3) is 22.3 Å². The van der Waals surface area contributed by atoms with Crippen LogP contribution in [0.15, 0.2) is 30.3 Å². The molecule has 0 radical (unpaired) electrons. The van der Waals surface area contributed by atoms with E-state index in [4.69, 9.17) is 17.3 Å². The summed E-state index contributed by atoms with van der Waals surface area (Å²) < 4.78 is 0.915.